The number of likely N-dealkylation sites (tertiary alicyclic amines) is 1. The first-order valence-electron chi connectivity index (χ1n) is 9.60. The maximum absolute atomic E-state index is 12.5. The molecule has 5 nitrogen and oxygen atoms in total. The van der Waals surface area contributed by atoms with Crippen LogP contribution < -0.4 is 0 Å². The highest BCUT2D eigenvalue weighted by Gasteiger charge is 2.49. The molecule has 142 valence electrons. The second-order valence-corrected chi connectivity index (χ2v) is 8.28. The van der Waals surface area contributed by atoms with Crippen molar-refractivity contribution in [3.8, 4) is 0 Å². The molecule has 2 fully saturated rings. The first-order valence-corrected chi connectivity index (χ1v) is 9.60. The summed E-state index contributed by atoms with van der Waals surface area (Å²) in [6.45, 7) is 1.37. The van der Waals surface area contributed by atoms with Crippen LogP contribution in [0, 0.1) is 5.41 Å². The van der Waals surface area contributed by atoms with Gasteiger partial charge in [-0.1, -0.05) is 30.3 Å². The van der Waals surface area contributed by atoms with E-state index in [1.807, 2.05) is 4.90 Å². The van der Waals surface area contributed by atoms with Crippen LogP contribution in [0.25, 0.3) is 0 Å². The lowest BCUT2D eigenvalue weighted by Crippen LogP contribution is -2.47. The number of carboxylic acid groups (broad SMARTS) is 1. The highest BCUT2D eigenvalue weighted by molar-refractivity contribution is 5.79. The number of carboxylic acids is 1. The second-order valence-electron chi connectivity index (χ2n) is 8.28. The molecule has 1 saturated heterocycles. The van der Waals surface area contributed by atoms with Crippen molar-refractivity contribution in [2.45, 2.75) is 50.5 Å². The van der Waals surface area contributed by atoms with Crippen LogP contribution in [0.5, 0.6) is 0 Å². The van der Waals surface area contributed by atoms with Crippen molar-refractivity contribution in [3.63, 3.8) is 0 Å². The van der Waals surface area contributed by atoms with Gasteiger partial charge in [-0.2, -0.15) is 0 Å². The van der Waals surface area contributed by atoms with Crippen molar-refractivity contribution >= 4 is 11.9 Å². The smallest absolute Gasteiger partial charge is 0.303 e. The van der Waals surface area contributed by atoms with Crippen LogP contribution in [0.4, 0.5) is 0 Å². The minimum absolute atomic E-state index is 0.0479. The van der Waals surface area contributed by atoms with Crippen LogP contribution in [-0.4, -0.2) is 54.0 Å². The summed E-state index contributed by atoms with van der Waals surface area (Å²) in [4.78, 5) is 27.4. The van der Waals surface area contributed by atoms with Gasteiger partial charge in [0.2, 0.25) is 5.91 Å². The van der Waals surface area contributed by atoms with Gasteiger partial charge >= 0.3 is 5.97 Å². The molecule has 0 atom stereocenters. The lowest BCUT2D eigenvalue weighted by Gasteiger charge is -2.48. The molecule has 0 bridgehead atoms. The Bertz CT molecular complexity index is 648. The van der Waals surface area contributed by atoms with E-state index in [1.54, 1.807) is 0 Å². The maximum Gasteiger partial charge on any atom is 0.303 e. The first kappa shape index (κ1) is 18.9. The molecule has 0 unspecified atom stereocenters. The molecule has 0 aromatic heterocycles. The Balaban J connectivity index is 1.67. The fourth-order valence-corrected chi connectivity index (χ4v) is 4.88. The maximum atomic E-state index is 12.5. The van der Waals surface area contributed by atoms with Gasteiger partial charge in [-0.3, -0.25) is 14.5 Å². The average molecular weight is 358 g/mol. The summed E-state index contributed by atoms with van der Waals surface area (Å²) in [7, 11) is 4.31. The molecule has 2 aliphatic rings. The van der Waals surface area contributed by atoms with Gasteiger partial charge in [0.15, 0.2) is 0 Å². The predicted octanol–water partition coefficient (Wildman–Crippen LogP) is 3.10. The van der Waals surface area contributed by atoms with Crippen LogP contribution in [-0.2, 0) is 15.1 Å². The van der Waals surface area contributed by atoms with Crippen LogP contribution in [0.2, 0.25) is 0 Å². The van der Waals surface area contributed by atoms with Crippen molar-refractivity contribution in [1.82, 2.24) is 9.80 Å². The number of carbonyl (C=O) groups excluding carboxylic acids is 1. The molecular weight excluding hydrogens is 328 g/mol. The monoisotopic (exact) mass is 358 g/mol. The Morgan fingerprint density at radius 3 is 2.38 bits per heavy atom. The van der Waals surface area contributed by atoms with Crippen molar-refractivity contribution in [2.24, 2.45) is 5.41 Å². The quantitative estimate of drug-likeness (QED) is 0.849. The van der Waals surface area contributed by atoms with E-state index in [9.17, 15) is 9.59 Å². The molecule has 1 spiro atoms. The molecule has 0 radical (unpaired) electrons. The van der Waals surface area contributed by atoms with Gasteiger partial charge in [0.25, 0.3) is 0 Å². The molecule has 1 amide bonds. The number of hydrogen-bond donors (Lipinski definition) is 1. The van der Waals surface area contributed by atoms with Gasteiger partial charge in [0.05, 0.1) is 0 Å². The molecule has 1 saturated carbocycles. The lowest BCUT2D eigenvalue weighted by molar-refractivity contribution is -0.137. The Labute approximate surface area is 156 Å². The Kier molecular flexibility index (Phi) is 5.37. The molecule has 1 heterocycles. The van der Waals surface area contributed by atoms with Crippen LogP contribution in [0.15, 0.2) is 30.3 Å². The number of nitrogens with zero attached hydrogens (tertiary/aromatic N) is 2. The van der Waals surface area contributed by atoms with Crippen LogP contribution >= 0.6 is 0 Å². The lowest BCUT2D eigenvalue weighted by atomic mass is 9.64. The Morgan fingerprint density at radius 2 is 1.81 bits per heavy atom. The van der Waals surface area contributed by atoms with E-state index in [1.165, 1.54) is 5.56 Å². The van der Waals surface area contributed by atoms with E-state index >= 15 is 0 Å². The number of amides is 1. The van der Waals surface area contributed by atoms with Crippen molar-refractivity contribution in [1.29, 1.82) is 0 Å². The molecule has 1 N–H and O–H groups in total. The average Bonchev–Trinajstić information content (AvgIpc) is 2.91. The summed E-state index contributed by atoms with van der Waals surface area (Å²) >= 11 is 0. The molecule has 1 aliphatic carbocycles. The third kappa shape index (κ3) is 3.63. The number of benzene rings is 1. The van der Waals surface area contributed by atoms with Crippen LogP contribution in [0.3, 0.4) is 0 Å². The van der Waals surface area contributed by atoms with E-state index in [-0.39, 0.29) is 23.3 Å². The summed E-state index contributed by atoms with van der Waals surface area (Å²) in [6.07, 6.45) is 5.50. The second kappa shape index (κ2) is 7.39. The first-order chi connectivity index (χ1) is 12.4. The molecule has 26 heavy (non-hydrogen) atoms. The highest BCUT2D eigenvalue weighted by Crippen LogP contribution is 2.52. The summed E-state index contributed by atoms with van der Waals surface area (Å²) < 4.78 is 0. The molecule has 5 heteroatoms. The minimum Gasteiger partial charge on any atom is -0.481 e. The molecule has 1 aromatic carbocycles. The fourth-order valence-electron chi connectivity index (χ4n) is 4.88. The zero-order chi connectivity index (χ0) is 18.8. The number of carbonyl (C=O) groups is 2. The number of rotatable bonds is 6. The van der Waals surface area contributed by atoms with Crippen molar-refractivity contribution in [2.75, 3.05) is 27.2 Å². The standard InChI is InChI=1S/C21H30N2O3/c1-22(2)21(17-7-4-3-5-8-17)12-10-20(11-13-21)15-18(24)23(16-20)14-6-9-19(25)26/h3-5,7-8H,6,9-16H2,1-2H3,(H,25,26). The Hall–Kier alpha value is -1.88. The molecular formula is C21H30N2O3. The van der Waals surface area contributed by atoms with Crippen molar-refractivity contribution in [3.05, 3.63) is 35.9 Å². The summed E-state index contributed by atoms with van der Waals surface area (Å²) in [5.41, 5.74) is 1.49. The van der Waals surface area contributed by atoms with E-state index in [4.69, 9.17) is 5.11 Å². The van der Waals surface area contributed by atoms with Gasteiger partial charge in [-0.05, 0) is 57.2 Å². The largest absolute Gasteiger partial charge is 0.481 e. The number of hydrogen-bond acceptors (Lipinski definition) is 3. The third-order valence-corrected chi connectivity index (χ3v) is 6.53. The summed E-state index contributed by atoms with van der Waals surface area (Å²) in [5, 5.41) is 8.81. The van der Waals surface area contributed by atoms with Gasteiger partial charge in [0, 0.05) is 31.5 Å². The highest BCUT2D eigenvalue weighted by atomic mass is 16.4. The van der Waals surface area contributed by atoms with Crippen LogP contribution in [0.1, 0.15) is 50.5 Å². The van der Waals surface area contributed by atoms with Gasteiger partial charge < -0.3 is 10.0 Å². The van der Waals surface area contributed by atoms with Gasteiger partial charge in [-0.15, -0.1) is 0 Å². The van der Waals surface area contributed by atoms with E-state index in [0.717, 1.165) is 32.2 Å². The molecule has 1 aromatic rings. The fraction of sp³-hybridized carbons (Fsp3) is 0.619. The normalized spacial score (nSPS) is 28.9. The zero-order valence-corrected chi connectivity index (χ0v) is 15.9. The Morgan fingerprint density at radius 1 is 1.15 bits per heavy atom. The van der Waals surface area contributed by atoms with Crippen molar-refractivity contribution < 1.29 is 14.7 Å². The summed E-state index contributed by atoms with van der Waals surface area (Å²) in [6, 6.07) is 10.7. The molecule has 3 rings (SSSR count). The third-order valence-electron chi connectivity index (χ3n) is 6.53. The van der Waals surface area contributed by atoms with E-state index in [2.05, 4.69) is 49.3 Å². The molecule has 1 aliphatic heterocycles. The van der Waals surface area contributed by atoms with Gasteiger partial charge in [-0.25, -0.2) is 0 Å². The van der Waals surface area contributed by atoms with E-state index in [0.29, 0.717) is 19.4 Å². The van der Waals surface area contributed by atoms with Gasteiger partial charge in [0.1, 0.15) is 0 Å². The topological polar surface area (TPSA) is 60.9 Å². The van der Waals surface area contributed by atoms with E-state index < -0.39 is 5.97 Å². The minimum atomic E-state index is -0.789. The SMILES string of the molecule is CN(C)C1(c2ccccc2)CCC2(CC1)CC(=O)N(CCCC(=O)O)C2. The predicted molar refractivity (Wildman–Crippen MR) is 101 cm³/mol. The number of aliphatic carboxylic acids is 1. The summed E-state index contributed by atoms with van der Waals surface area (Å²) in [5.74, 6) is -0.588. The zero-order valence-electron chi connectivity index (χ0n) is 15.9.